The van der Waals surface area contributed by atoms with E-state index < -0.39 is 0 Å². The van der Waals surface area contributed by atoms with Gasteiger partial charge in [0, 0.05) is 52.6 Å². The van der Waals surface area contributed by atoms with Crippen LogP contribution in [0, 0.1) is 0 Å². The molecule has 3 aromatic rings. The molecular formula is C25H24ClN3OS. The first-order chi connectivity index (χ1) is 15.2. The van der Waals surface area contributed by atoms with E-state index in [1.807, 2.05) is 36.0 Å². The normalized spacial score (nSPS) is 19.1. The maximum Gasteiger partial charge on any atom is 0.124 e. The van der Waals surface area contributed by atoms with Gasteiger partial charge in [-0.3, -0.25) is 9.91 Å². The predicted octanol–water partition coefficient (Wildman–Crippen LogP) is 5.45. The van der Waals surface area contributed by atoms with Crippen molar-refractivity contribution in [2.75, 3.05) is 26.2 Å². The second-order valence-electron chi connectivity index (χ2n) is 7.90. The Labute approximate surface area is 192 Å². The van der Waals surface area contributed by atoms with E-state index in [4.69, 9.17) is 11.6 Å². The summed E-state index contributed by atoms with van der Waals surface area (Å²) in [6.45, 7) is 3.60. The van der Waals surface area contributed by atoms with Crippen LogP contribution in [-0.2, 0) is 6.42 Å². The highest BCUT2D eigenvalue weighted by Gasteiger charge is 2.29. The molecule has 2 heterocycles. The molecule has 0 saturated carbocycles. The summed E-state index contributed by atoms with van der Waals surface area (Å²) >= 11 is 8.17. The molecule has 3 aromatic carbocycles. The van der Waals surface area contributed by atoms with Crippen molar-refractivity contribution in [3.05, 3.63) is 88.4 Å². The van der Waals surface area contributed by atoms with Gasteiger partial charge in [0.15, 0.2) is 0 Å². The lowest BCUT2D eigenvalue weighted by Gasteiger charge is -2.38. The topological polar surface area (TPSA) is 39.1 Å². The molecule has 31 heavy (non-hydrogen) atoms. The van der Waals surface area contributed by atoms with Crippen LogP contribution >= 0.6 is 23.4 Å². The molecule has 0 aromatic heterocycles. The molecular weight excluding hydrogens is 426 g/mol. The second-order valence-corrected chi connectivity index (χ2v) is 9.43. The lowest BCUT2D eigenvalue weighted by Crippen LogP contribution is -2.46. The molecule has 1 saturated heterocycles. The minimum atomic E-state index is 0.259. The van der Waals surface area contributed by atoms with E-state index >= 15 is 0 Å². The second kappa shape index (κ2) is 8.95. The SMILES string of the molecule is Oc1ccccc1/C=N/N1CCN(C2Cc3cc(Cl)ccc3Sc3ccccc32)CC1. The quantitative estimate of drug-likeness (QED) is 0.540. The summed E-state index contributed by atoms with van der Waals surface area (Å²) in [5, 5.41) is 17.4. The molecule has 0 radical (unpaired) electrons. The smallest absolute Gasteiger partial charge is 0.124 e. The van der Waals surface area contributed by atoms with Crippen molar-refractivity contribution < 1.29 is 5.11 Å². The molecule has 2 aliphatic rings. The molecule has 1 N–H and O–H groups in total. The van der Waals surface area contributed by atoms with Crippen LogP contribution in [0.2, 0.25) is 5.02 Å². The van der Waals surface area contributed by atoms with Crippen LogP contribution in [-0.4, -0.2) is 47.4 Å². The summed E-state index contributed by atoms with van der Waals surface area (Å²) < 4.78 is 0. The Morgan fingerprint density at radius 1 is 0.935 bits per heavy atom. The van der Waals surface area contributed by atoms with Crippen LogP contribution in [0.15, 0.2) is 81.6 Å². The van der Waals surface area contributed by atoms with E-state index in [1.54, 1.807) is 12.3 Å². The summed E-state index contributed by atoms with van der Waals surface area (Å²) in [4.78, 5) is 5.19. The first-order valence-electron chi connectivity index (χ1n) is 10.5. The molecule has 0 amide bonds. The fourth-order valence-electron chi connectivity index (χ4n) is 4.30. The van der Waals surface area contributed by atoms with Gasteiger partial charge < -0.3 is 5.11 Å². The summed E-state index contributed by atoms with van der Waals surface area (Å²) in [6, 6.07) is 22.6. The third-order valence-corrected chi connectivity index (χ3v) is 7.41. The number of nitrogens with zero attached hydrogens (tertiary/aromatic N) is 3. The van der Waals surface area contributed by atoms with Crippen LogP contribution in [0.25, 0.3) is 0 Å². The number of aromatic hydroxyl groups is 1. The summed E-state index contributed by atoms with van der Waals surface area (Å²) in [6.07, 6.45) is 2.71. The Bertz CT molecular complexity index is 1110. The number of rotatable bonds is 3. The number of phenolic OH excluding ortho intramolecular Hbond substituents is 1. The Hall–Kier alpha value is -2.47. The molecule has 158 valence electrons. The van der Waals surface area contributed by atoms with Crippen molar-refractivity contribution in [2.24, 2.45) is 5.10 Å². The maximum absolute atomic E-state index is 9.94. The predicted molar refractivity (Wildman–Crippen MR) is 127 cm³/mol. The van der Waals surface area contributed by atoms with Gasteiger partial charge in [0.25, 0.3) is 0 Å². The first kappa shape index (κ1) is 20.4. The molecule has 2 aliphatic heterocycles. The number of phenols is 1. The summed E-state index contributed by atoms with van der Waals surface area (Å²) in [5.41, 5.74) is 3.46. The van der Waals surface area contributed by atoms with Crippen LogP contribution < -0.4 is 0 Å². The van der Waals surface area contributed by atoms with Crippen molar-refractivity contribution in [1.29, 1.82) is 0 Å². The number of para-hydroxylation sites is 1. The highest BCUT2D eigenvalue weighted by molar-refractivity contribution is 7.99. The Morgan fingerprint density at radius 3 is 2.55 bits per heavy atom. The zero-order valence-corrected chi connectivity index (χ0v) is 18.7. The third-order valence-electron chi connectivity index (χ3n) is 5.96. The van der Waals surface area contributed by atoms with E-state index in [0.29, 0.717) is 6.04 Å². The van der Waals surface area contributed by atoms with E-state index in [-0.39, 0.29) is 5.75 Å². The van der Waals surface area contributed by atoms with Crippen LogP contribution in [0.1, 0.15) is 22.7 Å². The number of piperazine rings is 1. The van der Waals surface area contributed by atoms with Gasteiger partial charge in [-0.25, -0.2) is 0 Å². The van der Waals surface area contributed by atoms with Gasteiger partial charge in [0.05, 0.1) is 6.21 Å². The lowest BCUT2D eigenvalue weighted by atomic mass is 9.97. The third kappa shape index (κ3) is 4.45. The average Bonchev–Trinajstić information content (AvgIpc) is 2.95. The van der Waals surface area contributed by atoms with Gasteiger partial charge in [-0.2, -0.15) is 5.10 Å². The minimum absolute atomic E-state index is 0.259. The number of fused-ring (bicyclic) bond motifs is 2. The van der Waals surface area contributed by atoms with Crippen molar-refractivity contribution in [1.82, 2.24) is 9.91 Å². The molecule has 0 spiro atoms. The van der Waals surface area contributed by atoms with E-state index in [9.17, 15) is 5.11 Å². The molecule has 4 nitrogen and oxygen atoms in total. The highest BCUT2D eigenvalue weighted by atomic mass is 35.5. The number of hydrogen-bond acceptors (Lipinski definition) is 5. The summed E-state index contributed by atoms with van der Waals surface area (Å²) in [5.74, 6) is 0.259. The first-order valence-corrected chi connectivity index (χ1v) is 11.7. The average molecular weight is 450 g/mol. The van der Waals surface area contributed by atoms with Gasteiger partial charge in [0.1, 0.15) is 5.75 Å². The lowest BCUT2D eigenvalue weighted by molar-refractivity contribution is 0.0970. The fourth-order valence-corrected chi connectivity index (χ4v) is 5.61. The zero-order chi connectivity index (χ0) is 21.2. The highest BCUT2D eigenvalue weighted by Crippen LogP contribution is 2.43. The van der Waals surface area contributed by atoms with E-state index in [0.717, 1.165) is 43.2 Å². The number of benzene rings is 3. The van der Waals surface area contributed by atoms with E-state index in [1.165, 1.54) is 20.9 Å². The van der Waals surface area contributed by atoms with Gasteiger partial charge in [-0.15, -0.1) is 0 Å². The molecule has 1 fully saturated rings. The zero-order valence-electron chi connectivity index (χ0n) is 17.1. The van der Waals surface area contributed by atoms with Crippen LogP contribution in [0.4, 0.5) is 0 Å². The molecule has 1 unspecified atom stereocenters. The molecule has 5 rings (SSSR count). The minimum Gasteiger partial charge on any atom is -0.507 e. The standard InChI is InChI=1S/C25H24ClN3OS/c26-20-9-10-24-19(15-20)16-22(21-6-2-4-8-25(21)31-24)28-11-13-29(14-12-28)27-17-18-5-1-3-7-23(18)30/h1-10,15,17,22,30H,11-14,16H2/b27-17+. The van der Waals surface area contributed by atoms with Crippen molar-refractivity contribution in [3.63, 3.8) is 0 Å². The van der Waals surface area contributed by atoms with Crippen molar-refractivity contribution in [2.45, 2.75) is 22.3 Å². The number of hydrazone groups is 1. The van der Waals surface area contributed by atoms with Crippen molar-refractivity contribution in [3.8, 4) is 5.75 Å². The van der Waals surface area contributed by atoms with E-state index in [2.05, 4.69) is 51.4 Å². The number of halogens is 1. The summed E-state index contributed by atoms with van der Waals surface area (Å²) in [7, 11) is 0. The maximum atomic E-state index is 9.94. The van der Waals surface area contributed by atoms with Gasteiger partial charge in [-0.1, -0.05) is 53.7 Å². The molecule has 0 aliphatic carbocycles. The fraction of sp³-hybridized carbons (Fsp3) is 0.240. The van der Waals surface area contributed by atoms with Crippen LogP contribution in [0.5, 0.6) is 5.75 Å². The van der Waals surface area contributed by atoms with Gasteiger partial charge >= 0.3 is 0 Å². The van der Waals surface area contributed by atoms with Gasteiger partial charge in [-0.05, 0) is 53.9 Å². The Morgan fingerprint density at radius 2 is 1.71 bits per heavy atom. The molecule has 0 bridgehead atoms. The largest absolute Gasteiger partial charge is 0.507 e. The monoisotopic (exact) mass is 449 g/mol. The van der Waals surface area contributed by atoms with Gasteiger partial charge in [0.2, 0.25) is 0 Å². The molecule has 6 heteroatoms. The molecule has 1 atom stereocenters. The van der Waals surface area contributed by atoms with Crippen molar-refractivity contribution >= 4 is 29.6 Å². The Balaban J connectivity index is 1.34. The number of hydrogen-bond donors (Lipinski definition) is 1. The Kier molecular flexibility index (Phi) is 5.90. The van der Waals surface area contributed by atoms with Crippen LogP contribution in [0.3, 0.4) is 0 Å².